The lowest BCUT2D eigenvalue weighted by Gasteiger charge is -2.32. The second-order valence-corrected chi connectivity index (χ2v) is 6.31. The normalized spacial score (nSPS) is 23.5. The quantitative estimate of drug-likeness (QED) is 0.798. The van der Waals surface area contributed by atoms with E-state index < -0.39 is 0 Å². The van der Waals surface area contributed by atoms with Gasteiger partial charge in [0.2, 0.25) is 0 Å². The van der Waals surface area contributed by atoms with E-state index in [1.54, 1.807) is 0 Å². The smallest absolute Gasteiger partial charge is 0.0624 e. The van der Waals surface area contributed by atoms with E-state index in [-0.39, 0.29) is 0 Å². The first-order valence-corrected chi connectivity index (χ1v) is 8.14. The van der Waals surface area contributed by atoms with Gasteiger partial charge >= 0.3 is 0 Å². The third-order valence-corrected chi connectivity index (χ3v) is 4.94. The van der Waals surface area contributed by atoms with Crippen molar-refractivity contribution in [2.75, 3.05) is 6.54 Å². The second-order valence-electron chi connectivity index (χ2n) is 5.52. The van der Waals surface area contributed by atoms with Gasteiger partial charge in [0.15, 0.2) is 0 Å². The van der Waals surface area contributed by atoms with Crippen molar-refractivity contribution in [3.8, 4) is 0 Å². The van der Waals surface area contributed by atoms with E-state index >= 15 is 0 Å². The van der Waals surface area contributed by atoms with Crippen molar-refractivity contribution in [3.63, 3.8) is 0 Å². The van der Waals surface area contributed by atoms with Gasteiger partial charge in [0.05, 0.1) is 10.0 Å². The molecule has 0 amide bonds. The topological polar surface area (TPSA) is 12.0 Å². The van der Waals surface area contributed by atoms with Crippen LogP contribution >= 0.6 is 23.2 Å². The average Bonchev–Trinajstić information content (AvgIpc) is 2.43. The predicted octanol–water partition coefficient (Wildman–Crippen LogP) is 5.09. The lowest BCUT2D eigenvalue weighted by Crippen LogP contribution is -2.39. The van der Waals surface area contributed by atoms with Crippen molar-refractivity contribution in [2.45, 2.75) is 51.5 Å². The number of nitrogens with one attached hydrogen (secondary N) is 1. The van der Waals surface area contributed by atoms with E-state index in [0.717, 1.165) is 18.0 Å². The van der Waals surface area contributed by atoms with Gasteiger partial charge in [-0.05, 0) is 49.8 Å². The van der Waals surface area contributed by atoms with Crippen molar-refractivity contribution < 1.29 is 0 Å². The summed E-state index contributed by atoms with van der Waals surface area (Å²) in [6, 6.07) is 6.62. The number of benzene rings is 1. The molecule has 0 spiro atoms. The summed E-state index contributed by atoms with van der Waals surface area (Å²) in [6.07, 6.45) is 7.52. The van der Waals surface area contributed by atoms with Crippen molar-refractivity contribution in [1.82, 2.24) is 5.32 Å². The van der Waals surface area contributed by atoms with Crippen LogP contribution in [-0.4, -0.2) is 12.6 Å². The Labute approximate surface area is 126 Å². The molecule has 1 aromatic carbocycles. The van der Waals surface area contributed by atoms with Gasteiger partial charge in [-0.15, -0.1) is 0 Å². The van der Waals surface area contributed by atoms with Crippen LogP contribution in [0.2, 0.25) is 10.0 Å². The molecule has 0 radical (unpaired) electrons. The largest absolute Gasteiger partial charge is 0.314 e. The zero-order valence-electron chi connectivity index (χ0n) is 11.6. The van der Waals surface area contributed by atoms with Gasteiger partial charge in [-0.25, -0.2) is 0 Å². The zero-order valence-corrected chi connectivity index (χ0v) is 13.1. The molecule has 0 saturated heterocycles. The number of halogens is 2. The SMILES string of the molecule is CCCNC1CCCCC1Cc1cccc(Cl)c1Cl. The monoisotopic (exact) mass is 299 g/mol. The van der Waals surface area contributed by atoms with Crippen molar-refractivity contribution in [3.05, 3.63) is 33.8 Å². The Balaban J connectivity index is 2.04. The molecule has 1 fully saturated rings. The van der Waals surface area contributed by atoms with Crippen molar-refractivity contribution >= 4 is 23.2 Å². The molecule has 2 atom stereocenters. The summed E-state index contributed by atoms with van der Waals surface area (Å²) in [5, 5.41) is 5.11. The van der Waals surface area contributed by atoms with Gasteiger partial charge in [0.1, 0.15) is 0 Å². The molecular formula is C16H23Cl2N. The summed E-state index contributed by atoms with van der Waals surface area (Å²) in [7, 11) is 0. The van der Waals surface area contributed by atoms with Crippen LogP contribution in [0.25, 0.3) is 0 Å². The van der Waals surface area contributed by atoms with E-state index in [0.29, 0.717) is 17.0 Å². The highest BCUT2D eigenvalue weighted by atomic mass is 35.5. The van der Waals surface area contributed by atoms with Gasteiger partial charge in [-0.2, -0.15) is 0 Å². The second kappa shape index (κ2) is 7.52. The molecule has 0 aromatic heterocycles. The standard InChI is InChI=1S/C16H23Cl2N/c1-2-10-19-15-9-4-3-6-12(15)11-13-7-5-8-14(17)16(13)18/h5,7-8,12,15,19H,2-4,6,9-11H2,1H3. The minimum atomic E-state index is 0.642. The van der Waals surface area contributed by atoms with Crippen LogP contribution in [0.4, 0.5) is 0 Å². The Bertz CT molecular complexity index is 406. The summed E-state index contributed by atoms with van der Waals surface area (Å²) in [6.45, 7) is 3.34. The molecule has 2 rings (SSSR count). The molecule has 1 nitrogen and oxygen atoms in total. The first-order valence-electron chi connectivity index (χ1n) is 7.38. The molecule has 0 heterocycles. The lowest BCUT2D eigenvalue weighted by atomic mass is 9.80. The average molecular weight is 300 g/mol. The maximum absolute atomic E-state index is 6.31. The molecule has 19 heavy (non-hydrogen) atoms. The predicted molar refractivity (Wildman–Crippen MR) is 84.2 cm³/mol. The summed E-state index contributed by atoms with van der Waals surface area (Å²) in [5.41, 5.74) is 1.20. The number of rotatable bonds is 5. The van der Waals surface area contributed by atoms with Crippen molar-refractivity contribution in [2.24, 2.45) is 5.92 Å². The van der Waals surface area contributed by atoms with Crippen LogP contribution in [0.15, 0.2) is 18.2 Å². The molecule has 2 unspecified atom stereocenters. The number of hydrogen-bond acceptors (Lipinski definition) is 1. The highest BCUT2D eigenvalue weighted by molar-refractivity contribution is 6.42. The Morgan fingerprint density at radius 2 is 2.00 bits per heavy atom. The molecule has 1 N–H and O–H groups in total. The van der Waals surface area contributed by atoms with Crippen LogP contribution in [0.3, 0.4) is 0 Å². The van der Waals surface area contributed by atoms with Gasteiger partial charge in [-0.3, -0.25) is 0 Å². The van der Waals surface area contributed by atoms with Crippen LogP contribution in [0.5, 0.6) is 0 Å². The minimum Gasteiger partial charge on any atom is -0.314 e. The van der Waals surface area contributed by atoms with Crippen LogP contribution in [-0.2, 0) is 6.42 Å². The number of hydrogen-bond donors (Lipinski definition) is 1. The van der Waals surface area contributed by atoms with E-state index in [1.807, 2.05) is 12.1 Å². The van der Waals surface area contributed by atoms with E-state index in [4.69, 9.17) is 23.2 Å². The van der Waals surface area contributed by atoms with E-state index in [9.17, 15) is 0 Å². The Morgan fingerprint density at radius 3 is 2.79 bits per heavy atom. The first kappa shape index (κ1) is 15.2. The Morgan fingerprint density at radius 1 is 1.21 bits per heavy atom. The lowest BCUT2D eigenvalue weighted by molar-refractivity contribution is 0.261. The fourth-order valence-corrected chi connectivity index (χ4v) is 3.44. The van der Waals surface area contributed by atoms with Gasteiger partial charge in [0.25, 0.3) is 0 Å². The minimum absolute atomic E-state index is 0.642. The third-order valence-electron chi connectivity index (χ3n) is 4.08. The van der Waals surface area contributed by atoms with Gasteiger partial charge < -0.3 is 5.32 Å². The molecular weight excluding hydrogens is 277 g/mol. The zero-order chi connectivity index (χ0) is 13.7. The summed E-state index contributed by atoms with van der Waals surface area (Å²) < 4.78 is 0. The van der Waals surface area contributed by atoms with Crippen LogP contribution < -0.4 is 5.32 Å². The maximum Gasteiger partial charge on any atom is 0.0624 e. The fourth-order valence-electron chi connectivity index (χ4n) is 3.04. The summed E-state index contributed by atoms with van der Waals surface area (Å²) >= 11 is 12.4. The molecule has 3 heteroatoms. The van der Waals surface area contributed by atoms with Crippen molar-refractivity contribution in [1.29, 1.82) is 0 Å². The third kappa shape index (κ3) is 4.11. The molecule has 1 aliphatic carbocycles. The highest BCUT2D eigenvalue weighted by Crippen LogP contribution is 2.32. The molecule has 1 aromatic rings. The Kier molecular flexibility index (Phi) is 6.00. The van der Waals surface area contributed by atoms with Gasteiger partial charge in [-0.1, -0.05) is 55.1 Å². The maximum atomic E-state index is 6.31. The van der Waals surface area contributed by atoms with Crippen LogP contribution in [0, 0.1) is 5.92 Å². The first-order chi connectivity index (χ1) is 9.22. The van der Waals surface area contributed by atoms with Crippen LogP contribution in [0.1, 0.15) is 44.6 Å². The molecule has 0 aliphatic heterocycles. The molecule has 1 saturated carbocycles. The summed E-state index contributed by atoms with van der Waals surface area (Å²) in [4.78, 5) is 0. The van der Waals surface area contributed by atoms with Gasteiger partial charge in [0, 0.05) is 6.04 Å². The fraction of sp³-hybridized carbons (Fsp3) is 0.625. The van der Waals surface area contributed by atoms with E-state index in [2.05, 4.69) is 18.3 Å². The molecule has 106 valence electrons. The van der Waals surface area contributed by atoms with E-state index in [1.165, 1.54) is 37.7 Å². The molecule has 0 bridgehead atoms. The molecule has 1 aliphatic rings. The Hall–Kier alpha value is -0.240. The summed E-state index contributed by atoms with van der Waals surface area (Å²) in [5.74, 6) is 0.691. The highest BCUT2D eigenvalue weighted by Gasteiger charge is 2.25.